The number of pyridine rings is 1. The van der Waals surface area contributed by atoms with Crippen molar-refractivity contribution in [1.82, 2.24) is 14.8 Å². The Morgan fingerprint density at radius 2 is 2.21 bits per heavy atom. The van der Waals surface area contributed by atoms with Gasteiger partial charge >= 0.3 is 0 Å². The maximum absolute atomic E-state index is 13.7. The molecule has 0 aromatic carbocycles. The second kappa shape index (κ2) is 9.21. The lowest BCUT2D eigenvalue weighted by atomic mass is 9.76. The molecule has 2 atom stereocenters. The number of hydrogen-bond acceptors (Lipinski definition) is 6. The Kier molecular flexibility index (Phi) is 7.10. The summed E-state index contributed by atoms with van der Waals surface area (Å²) in [6.45, 7) is 12.4. The molecule has 0 bridgehead atoms. The fourth-order valence-corrected chi connectivity index (χ4v) is 4.79. The molecule has 2 aliphatic rings. The Balaban J connectivity index is 1.76. The first-order valence-corrected chi connectivity index (χ1v) is 10.9. The average molecular weight is 404 g/mol. The summed E-state index contributed by atoms with van der Waals surface area (Å²) < 4.78 is 11.7. The summed E-state index contributed by atoms with van der Waals surface area (Å²) in [5.41, 5.74) is -0.301. The van der Waals surface area contributed by atoms with E-state index in [0.29, 0.717) is 24.8 Å². The molecule has 1 aromatic rings. The van der Waals surface area contributed by atoms with E-state index in [0.717, 1.165) is 39.1 Å². The number of carbonyl (C=O) groups is 1. The Bertz CT molecular complexity index is 679. The number of likely N-dealkylation sites (N-methyl/N-ethyl adjacent to an activating group) is 1. The van der Waals surface area contributed by atoms with Gasteiger partial charge in [0.15, 0.2) is 0 Å². The summed E-state index contributed by atoms with van der Waals surface area (Å²) >= 11 is 0. The van der Waals surface area contributed by atoms with Crippen molar-refractivity contribution >= 4 is 5.78 Å². The van der Waals surface area contributed by atoms with E-state index in [4.69, 9.17) is 9.47 Å². The van der Waals surface area contributed by atoms with Gasteiger partial charge in [-0.25, -0.2) is 0 Å². The molecule has 6 heteroatoms. The molecule has 3 heterocycles. The van der Waals surface area contributed by atoms with Crippen molar-refractivity contribution in [3.8, 4) is 0 Å². The first kappa shape index (κ1) is 22.3. The van der Waals surface area contributed by atoms with E-state index in [-0.39, 0.29) is 17.5 Å². The molecule has 0 aliphatic carbocycles. The van der Waals surface area contributed by atoms with Gasteiger partial charge in [-0.3, -0.25) is 19.6 Å². The molecule has 0 radical (unpaired) electrons. The van der Waals surface area contributed by atoms with Crippen LogP contribution in [0, 0.1) is 0 Å². The van der Waals surface area contributed by atoms with Crippen LogP contribution in [0.5, 0.6) is 0 Å². The van der Waals surface area contributed by atoms with Crippen molar-refractivity contribution in [2.45, 2.75) is 70.2 Å². The van der Waals surface area contributed by atoms with Crippen LogP contribution in [-0.4, -0.2) is 83.7 Å². The van der Waals surface area contributed by atoms with Gasteiger partial charge in [0, 0.05) is 44.9 Å². The van der Waals surface area contributed by atoms with E-state index in [1.54, 1.807) is 6.20 Å². The van der Waals surface area contributed by atoms with Gasteiger partial charge in [0.25, 0.3) is 0 Å². The van der Waals surface area contributed by atoms with Crippen molar-refractivity contribution in [1.29, 1.82) is 0 Å². The predicted molar refractivity (Wildman–Crippen MR) is 114 cm³/mol. The number of carbonyl (C=O) groups excluding carboxylic acids is 1. The highest BCUT2D eigenvalue weighted by atomic mass is 16.5. The molecule has 1 aromatic heterocycles. The van der Waals surface area contributed by atoms with Crippen LogP contribution >= 0.6 is 0 Å². The Morgan fingerprint density at radius 1 is 1.41 bits per heavy atom. The van der Waals surface area contributed by atoms with Crippen LogP contribution in [0.3, 0.4) is 0 Å². The highest BCUT2D eigenvalue weighted by Gasteiger charge is 2.52. The highest BCUT2D eigenvalue weighted by Crippen LogP contribution is 2.40. The summed E-state index contributed by atoms with van der Waals surface area (Å²) in [5.74, 6) is 0.140. The summed E-state index contributed by atoms with van der Waals surface area (Å²) in [4.78, 5) is 22.9. The second-order valence-electron chi connectivity index (χ2n) is 9.40. The van der Waals surface area contributed by atoms with Crippen LogP contribution in [0.2, 0.25) is 0 Å². The lowest BCUT2D eigenvalue weighted by molar-refractivity contribution is -0.104. The zero-order valence-electron chi connectivity index (χ0n) is 18.7. The van der Waals surface area contributed by atoms with Gasteiger partial charge in [-0.1, -0.05) is 6.07 Å². The molecule has 0 N–H and O–H groups in total. The van der Waals surface area contributed by atoms with Gasteiger partial charge in [-0.05, 0) is 59.7 Å². The fourth-order valence-electron chi connectivity index (χ4n) is 4.79. The van der Waals surface area contributed by atoms with E-state index in [1.165, 1.54) is 0 Å². The lowest BCUT2D eigenvalue weighted by Crippen LogP contribution is -2.61. The summed E-state index contributed by atoms with van der Waals surface area (Å²) in [5, 5.41) is 0. The van der Waals surface area contributed by atoms with Gasteiger partial charge < -0.3 is 9.47 Å². The summed E-state index contributed by atoms with van der Waals surface area (Å²) in [6, 6.07) is 6.03. The molecule has 0 spiro atoms. The highest BCUT2D eigenvalue weighted by molar-refractivity contribution is 6.02. The molecular weight excluding hydrogens is 366 g/mol. The number of likely N-dealkylation sites (tertiary alicyclic amines) is 1. The molecule has 0 unspecified atom stereocenters. The summed E-state index contributed by atoms with van der Waals surface area (Å²) in [6.07, 6.45) is 4.45. The number of nitrogens with zero attached hydrogens (tertiary/aromatic N) is 3. The molecule has 0 saturated carbocycles. The standard InChI is InChI=1S/C23H37N3O3/c1-18(2)28-15-13-25(5)19-9-12-26(16-19)23(10-14-29-22(3,4)17-23)21(27)20-8-6-7-11-24-20/h6-8,11,18-19H,9-10,12-17H2,1-5H3/t19-,23-/m0/s1. The van der Waals surface area contributed by atoms with E-state index >= 15 is 0 Å². The number of rotatable bonds is 8. The van der Waals surface area contributed by atoms with Gasteiger partial charge in [0.1, 0.15) is 5.69 Å². The van der Waals surface area contributed by atoms with Gasteiger partial charge in [-0.15, -0.1) is 0 Å². The maximum Gasteiger partial charge on any atom is 0.201 e. The smallest absolute Gasteiger partial charge is 0.201 e. The topological polar surface area (TPSA) is 54.9 Å². The predicted octanol–water partition coefficient (Wildman–Crippen LogP) is 3.02. The number of ether oxygens (including phenoxy) is 2. The average Bonchev–Trinajstić information content (AvgIpc) is 3.18. The zero-order valence-corrected chi connectivity index (χ0v) is 18.7. The molecule has 2 fully saturated rings. The monoisotopic (exact) mass is 403 g/mol. The number of Topliss-reactive ketones (excluding diaryl/α,β-unsaturated/α-hetero) is 1. The van der Waals surface area contributed by atoms with Crippen molar-refractivity contribution in [2.75, 3.05) is 39.9 Å². The normalized spacial score (nSPS) is 27.6. The van der Waals surface area contributed by atoms with Crippen molar-refractivity contribution in [3.05, 3.63) is 30.1 Å². The van der Waals surface area contributed by atoms with Gasteiger partial charge in [0.2, 0.25) is 5.78 Å². The molecule has 29 heavy (non-hydrogen) atoms. The minimum Gasteiger partial charge on any atom is -0.377 e. The second-order valence-corrected chi connectivity index (χ2v) is 9.40. The number of ketones is 1. The Hall–Kier alpha value is -1.34. The minimum atomic E-state index is -0.542. The van der Waals surface area contributed by atoms with Gasteiger partial charge in [0.05, 0.1) is 23.9 Å². The Labute approximate surface area is 175 Å². The third-order valence-corrected chi connectivity index (χ3v) is 6.33. The molecule has 6 nitrogen and oxygen atoms in total. The summed E-state index contributed by atoms with van der Waals surface area (Å²) in [7, 11) is 2.17. The first-order valence-electron chi connectivity index (χ1n) is 10.9. The molecule has 2 aliphatic heterocycles. The van der Waals surface area contributed by atoms with Crippen LogP contribution in [0.25, 0.3) is 0 Å². The largest absolute Gasteiger partial charge is 0.377 e. The van der Waals surface area contributed by atoms with E-state index < -0.39 is 5.54 Å². The quantitative estimate of drug-likeness (QED) is 0.622. The van der Waals surface area contributed by atoms with Crippen LogP contribution in [0.15, 0.2) is 24.4 Å². The maximum atomic E-state index is 13.7. The van der Waals surface area contributed by atoms with Crippen molar-refractivity contribution < 1.29 is 14.3 Å². The first-order chi connectivity index (χ1) is 13.7. The Morgan fingerprint density at radius 3 is 2.86 bits per heavy atom. The molecule has 3 rings (SSSR count). The van der Waals surface area contributed by atoms with Crippen LogP contribution in [-0.2, 0) is 9.47 Å². The number of hydrogen-bond donors (Lipinski definition) is 0. The minimum absolute atomic E-state index is 0.140. The van der Waals surface area contributed by atoms with Crippen molar-refractivity contribution in [2.24, 2.45) is 0 Å². The van der Waals surface area contributed by atoms with E-state index in [1.807, 2.05) is 18.2 Å². The van der Waals surface area contributed by atoms with Crippen molar-refractivity contribution in [3.63, 3.8) is 0 Å². The third-order valence-electron chi connectivity index (χ3n) is 6.33. The third kappa shape index (κ3) is 5.23. The zero-order chi connectivity index (χ0) is 21.1. The fraction of sp³-hybridized carbons (Fsp3) is 0.739. The van der Waals surface area contributed by atoms with Crippen LogP contribution in [0.4, 0.5) is 0 Å². The molecule has 2 saturated heterocycles. The lowest BCUT2D eigenvalue weighted by Gasteiger charge is -2.48. The molecular formula is C23H37N3O3. The van der Waals surface area contributed by atoms with Crippen LogP contribution in [0.1, 0.15) is 57.4 Å². The number of aromatic nitrogens is 1. The SMILES string of the molecule is CC(C)OCCN(C)[C@H]1CCN([C@@]2(C(=O)c3ccccn3)CCOC(C)(C)C2)C1. The van der Waals surface area contributed by atoms with Gasteiger partial charge in [-0.2, -0.15) is 0 Å². The van der Waals surface area contributed by atoms with E-state index in [9.17, 15) is 4.79 Å². The van der Waals surface area contributed by atoms with Crippen LogP contribution < -0.4 is 0 Å². The van der Waals surface area contributed by atoms with E-state index in [2.05, 4.69) is 49.5 Å². The molecule has 162 valence electrons. The molecule has 0 amide bonds.